The Kier molecular flexibility index (Phi) is 4.06. The molecule has 0 saturated heterocycles. The van der Waals surface area contributed by atoms with Crippen molar-refractivity contribution < 1.29 is 4.79 Å². The highest BCUT2D eigenvalue weighted by Gasteiger charge is 2.23. The van der Waals surface area contributed by atoms with E-state index in [2.05, 4.69) is 21.2 Å². The molecular formula is C17H18BrNO. The van der Waals surface area contributed by atoms with Crippen LogP contribution >= 0.6 is 15.9 Å². The predicted octanol–water partition coefficient (Wildman–Crippen LogP) is 4.13. The number of carbonyl (C=O) groups is 1. The van der Waals surface area contributed by atoms with E-state index in [1.165, 1.54) is 12.8 Å². The molecule has 3 heteroatoms. The van der Waals surface area contributed by atoms with Crippen LogP contribution in [-0.2, 0) is 0 Å². The standard InChI is InChI=1S/C17H18BrNO/c18-14-9-8-12(10-14)11-19-17(20)16-7-3-5-13-4-1-2-6-15(13)16/h1-7,12,14H,8-11H2,(H,19,20). The smallest absolute Gasteiger partial charge is 0.251 e. The molecule has 1 amide bonds. The maximum absolute atomic E-state index is 12.4. The lowest BCUT2D eigenvalue weighted by Gasteiger charge is -2.12. The summed E-state index contributed by atoms with van der Waals surface area (Å²) in [6.07, 6.45) is 3.58. The van der Waals surface area contributed by atoms with Gasteiger partial charge >= 0.3 is 0 Å². The Morgan fingerprint density at radius 3 is 2.75 bits per heavy atom. The van der Waals surface area contributed by atoms with Gasteiger partial charge in [-0.3, -0.25) is 4.79 Å². The molecule has 1 aliphatic carbocycles. The molecule has 1 fully saturated rings. The second-order valence-electron chi connectivity index (χ2n) is 5.51. The molecule has 104 valence electrons. The number of rotatable bonds is 3. The van der Waals surface area contributed by atoms with E-state index in [-0.39, 0.29) is 5.91 Å². The third-order valence-electron chi connectivity index (χ3n) is 4.06. The van der Waals surface area contributed by atoms with Crippen LogP contribution in [0.15, 0.2) is 42.5 Å². The Labute approximate surface area is 127 Å². The number of benzene rings is 2. The van der Waals surface area contributed by atoms with Crippen LogP contribution in [0.5, 0.6) is 0 Å². The summed E-state index contributed by atoms with van der Waals surface area (Å²) in [4.78, 5) is 13.0. The molecule has 1 aliphatic rings. The topological polar surface area (TPSA) is 29.1 Å². The summed E-state index contributed by atoms with van der Waals surface area (Å²) in [5, 5.41) is 5.23. The molecule has 2 atom stereocenters. The quantitative estimate of drug-likeness (QED) is 0.841. The molecule has 20 heavy (non-hydrogen) atoms. The molecular weight excluding hydrogens is 314 g/mol. The zero-order valence-electron chi connectivity index (χ0n) is 11.3. The Bertz CT molecular complexity index is 620. The maximum atomic E-state index is 12.4. The average Bonchev–Trinajstić information content (AvgIpc) is 2.90. The number of amides is 1. The fourth-order valence-electron chi connectivity index (χ4n) is 2.96. The van der Waals surface area contributed by atoms with E-state index in [1.54, 1.807) is 0 Å². The van der Waals surface area contributed by atoms with Crippen molar-refractivity contribution in [2.45, 2.75) is 24.1 Å². The van der Waals surface area contributed by atoms with Gasteiger partial charge in [-0.1, -0.05) is 52.3 Å². The van der Waals surface area contributed by atoms with E-state index in [4.69, 9.17) is 0 Å². The second kappa shape index (κ2) is 5.96. The highest BCUT2D eigenvalue weighted by Crippen LogP contribution is 2.30. The molecule has 0 radical (unpaired) electrons. The third kappa shape index (κ3) is 2.88. The molecule has 0 spiro atoms. The van der Waals surface area contributed by atoms with E-state index in [1.807, 2.05) is 42.5 Å². The highest BCUT2D eigenvalue weighted by atomic mass is 79.9. The largest absolute Gasteiger partial charge is 0.352 e. The Hall–Kier alpha value is -1.35. The minimum absolute atomic E-state index is 0.0415. The van der Waals surface area contributed by atoms with Crippen LogP contribution < -0.4 is 5.32 Å². The third-order valence-corrected chi connectivity index (χ3v) is 4.89. The van der Waals surface area contributed by atoms with Gasteiger partial charge in [0, 0.05) is 16.9 Å². The number of alkyl halides is 1. The van der Waals surface area contributed by atoms with Crippen molar-refractivity contribution in [3.8, 4) is 0 Å². The maximum Gasteiger partial charge on any atom is 0.251 e. The van der Waals surface area contributed by atoms with Crippen molar-refractivity contribution >= 4 is 32.6 Å². The van der Waals surface area contributed by atoms with Gasteiger partial charge in [0.2, 0.25) is 0 Å². The van der Waals surface area contributed by atoms with Crippen LogP contribution in [0.4, 0.5) is 0 Å². The lowest BCUT2D eigenvalue weighted by Crippen LogP contribution is -2.28. The molecule has 0 bridgehead atoms. The zero-order valence-corrected chi connectivity index (χ0v) is 12.9. The van der Waals surface area contributed by atoms with Crippen LogP contribution in [0.1, 0.15) is 29.6 Å². The molecule has 3 rings (SSSR count). The average molecular weight is 332 g/mol. The number of hydrogen-bond donors (Lipinski definition) is 1. The van der Waals surface area contributed by atoms with E-state index >= 15 is 0 Å². The first-order chi connectivity index (χ1) is 9.74. The lowest BCUT2D eigenvalue weighted by molar-refractivity contribution is 0.0949. The SMILES string of the molecule is O=C(NCC1CCC(Br)C1)c1cccc2ccccc12. The Morgan fingerprint density at radius 2 is 1.95 bits per heavy atom. The van der Waals surface area contributed by atoms with Crippen LogP contribution in [0.2, 0.25) is 0 Å². The van der Waals surface area contributed by atoms with Gasteiger partial charge in [-0.15, -0.1) is 0 Å². The van der Waals surface area contributed by atoms with Gasteiger partial charge in [0.05, 0.1) is 0 Å². The van der Waals surface area contributed by atoms with E-state index in [9.17, 15) is 4.79 Å². The van der Waals surface area contributed by atoms with Crippen LogP contribution in [0, 0.1) is 5.92 Å². The van der Waals surface area contributed by atoms with Gasteiger partial charge < -0.3 is 5.32 Å². The second-order valence-corrected chi connectivity index (χ2v) is 6.81. The van der Waals surface area contributed by atoms with Crippen molar-refractivity contribution in [2.24, 2.45) is 5.92 Å². The summed E-state index contributed by atoms with van der Waals surface area (Å²) in [5.41, 5.74) is 0.775. The van der Waals surface area contributed by atoms with Crippen LogP contribution in [0.25, 0.3) is 10.8 Å². The van der Waals surface area contributed by atoms with Crippen molar-refractivity contribution in [3.63, 3.8) is 0 Å². The minimum atomic E-state index is 0.0415. The number of nitrogens with one attached hydrogen (secondary N) is 1. The minimum Gasteiger partial charge on any atom is -0.352 e. The number of fused-ring (bicyclic) bond motifs is 1. The van der Waals surface area contributed by atoms with Crippen LogP contribution in [0.3, 0.4) is 0 Å². The normalized spacial score (nSPS) is 22.1. The molecule has 2 nitrogen and oxygen atoms in total. The summed E-state index contributed by atoms with van der Waals surface area (Å²) in [6.45, 7) is 0.782. The first kappa shape index (κ1) is 13.6. The molecule has 2 unspecified atom stereocenters. The number of hydrogen-bond acceptors (Lipinski definition) is 1. The highest BCUT2D eigenvalue weighted by molar-refractivity contribution is 9.09. The van der Waals surface area contributed by atoms with Crippen molar-refractivity contribution in [2.75, 3.05) is 6.54 Å². The van der Waals surface area contributed by atoms with Gasteiger partial charge in [-0.05, 0) is 42.0 Å². The number of carbonyl (C=O) groups excluding carboxylic acids is 1. The van der Waals surface area contributed by atoms with Gasteiger partial charge in [-0.2, -0.15) is 0 Å². The van der Waals surface area contributed by atoms with Gasteiger partial charge in [-0.25, -0.2) is 0 Å². The summed E-state index contributed by atoms with van der Waals surface area (Å²) in [7, 11) is 0. The number of halogens is 1. The van der Waals surface area contributed by atoms with E-state index < -0.39 is 0 Å². The monoisotopic (exact) mass is 331 g/mol. The molecule has 1 N–H and O–H groups in total. The molecule has 2 aromatic rings. The fourth-order valence-corrected chi connectivity index (χ4v) is 3.75. The van der Waals surface area contributed by atoms with E-state index in [0.29, 0.717) is 10.7 Å². The Morgan fingerprint density at radius 1 is 1.15 bits per heavy atom. The first-order valence-corrected chi connectivity index (χ1v) is 8.05. The van der Waals surface area contributed by atoms with Gasteiger partial charge in [0.1, 0.15) is 0 Å². The van der Waals surface area contributed by atoms with E-state index in [0.717, 1.165) is 29.3 Å². The lowest BCUT2D eigenvalue weighted by atomic mass is 10.0. The molecule has 1 saturated carbocycles. The van der Waals surface area contributed by atoms with Gasteiger partial charge in [0.15, 0.2) is 0 Å². The van der Waals surface area contributed by atoms with Crippen molar-refractivity contribution in [1.29, 1.82) is 0 Å². The molecule has 0 heterocycles. The summed E-state index contributed by atoms with van der Waals surface area (Å²) in [5.74, 6) is 0.651. The first-order valence-electron chi connectivity index (χ1n) is 7.14. The Balaban J connectivity index is 1.72. The summed E-state index contributed by atoms with van der Waals surface area (Å²) in [6, 6.07) is 13.9. The van der Waals surface area contributed by atoms with Gasteiger partial charge in [0.25, 0.3) is 5.91 Å². The van der Waals surface area contributed by atoms with Crippen LogP contribution in [-0.4, -0.2) is 17.3 Å². The predicted molar refractivity (Wildman–Crippen MR) is 86.3 cm³/mol. The summed E-state index contributed by atoms with van der Waals surface area (Å²) >= 11 is 3.65. The van der Waals surface area contributed by atoms with Crippen molar-refractivity contribution in [3.05, 3.63) is 48.0 Å². The summed E-state index contributed by atoms with van der Waals surface area (Å²) < 4.78 is 0. The zero-order chi connectivity index (χ0) is 13.9. The fraction of sp³-hybridized carbons (Fsp3) is 0.353. The molecule has 2 aromatic carbocycles. The molecule has 0 aromatic heterocycles. The van der Waals surface area contributed by atoms with Crippen molar-refractivity contribution in [1.82, 2.24) is 5.32 Å². The molecule has 0 aliphatic heterocycles.